The van der Waals surface area contributed by atoms with Crippen molar-refractivity contribution in [3.8, 4) is 0 Å². The molecule has 1 N–H and O–H groups in total. The van der Waals surface area contributed by atoms with Crippen LogP contribution in [-0.4, -0.2) is 18.4 Å². The molecule has 4 rings (SSSR count). The van der Waals surface area contributed by atoms with Crippen LogP contribution in [0.5, 0.6) is 0 Å². The zero-order valence-corrected chi connectivity index (χ0v) is 16.7. The highest BCUT2D eigenvalue weighted by Crippen LogP contribution is 2.31. The molecule has 0 radical (unpaired) electrons. The van der Waals surface area contributed by atoms with Crippen molar-refractivity contribution < 1.29 is 9.59 Å². The van der Waals surface area contributed by atoms with Crippen molar-refractivity contribution in [1.82, 2.24) is 0 Å². The molecule has 3 aromatic rings. The van der Waals surface area contributed by atoms with Crippen molar-refractivity contribution >= 4 is 23.2 Å². The predicted octanol–water partition coefficient (Wildman–Crippen LogP) is 5.15. The van der Waals surface area contributed by atoms with Crippen molar-refractivity contribution in [2.75, 3.05) is 16.8 Å². The Labute approximate surface area is 171 Å². The lowest BCUT2D eigenvalue weighted by Crippen LogP contribution is -2.35. The molecule has 0 saturated heterocycles. The van der Waals surface area contributed by atoms with E-state index in [0.717, 1.165) is 35.3 Å². The van der Waals surface area contributed by atoms with Gasteiger partial charge < -0.3 is 10.2 Å². The Hall–Kier alpha value is -3.40. The molecule has 1 aliphatic rings. The van der Waals surface area contributed by atoms with Crippen LogP contribution in [0.2, 0.25) is 0 Å². The molecule has 0 unspecified atom stereocenters. The number of nitrogens with zero attached hydrogens (tertiary/aromatic N) is 1. The van der Waals surface area contributed by atoms with Gasteiger partial charge in [0.2, 0.25) is 0 Å². The molecule has 29 heavy (non-hydrogen) atoms. The fourth-order valence-electron chi connectivity index (χ4n) is 3.71. The number of aryl methyl sites for hydroxylation is 3. The number of rotatable bonds is 3. The van der Waals surface area contributed by atoms with E-state index in [4.69, 9.17) is 0 Å². The normalized spacial score (nSPS) is 13.0. The van der Waals surface area contributed by atoms with Crippen molar-refractivity contribution in [1.29, 1.82) is 0 Å². The zero-order chi connectivity index (χ0) is 20.4. The molecule has 4 nitrogen and oxygen atoms in total. The summed E-state index contributed by atoms with van der Waals surface area (Å²) < 4.78 is 0. The molecule has 1 aliphatic heterocycles. The third kappa shape index (κ3) is 3.92. The molecule has 0 fully saturated rings. The maximum atomic E-state index is 12.9. The molecule has 1 heterocycles. The van der Waals surface area contributed by atoms with Crippen LogP contribution in [0.4, 0.5) is 11.4 Å². The van der Waals surface area contributed by atoms with Gasteiger partial charge in [-0.05, 0) is 85.8 Å². The number of nitrogens with one attached hydrogen (secondary N) is 1. The highest BCUT2D eigenvalue weighted by molar-refractivity contribution is 6.07. The van der Waals surface area contributed by atoms with Gasteiger partial charge in [-0.2, -0.15) is 0 Å². The second kappa shape index (κ2) is 7.92. The molecule has 0 aliphatic carbocycles. The Balaban J connectivity index is 1.56. The van der Waals surface area contributed by atoms with Gasteiger partial charge in [0.15, 0.2) is 0 Å². The van der Waals surface area contributed by atoms with Crippen LogP contribution in [0.3, 0.4) is 0 Å². The van der Waals surface area contributed by atoms with E-state index >= 15 is 0 Å². The summed E-state index contributed by atoms with van der Waals surface area (Å²) in [5.74, 6) is -0.112. The van der Waals surface area contributed by atoms with Gasteiger partial charge in [-0.1, -0.05) is 24.3 Å². The summed E-state index contributed by atoms with van der Waals surface area (Å²) in [7, 11) is 0. The molecular weight excluding hydrogens is 360 g/mol. The maximum absolute atomic E-state index is 12.9. The molecule has 146 valence electrons. The van der Waals surface area contributed by atoms with Crippen molar-refractivity contribution in [3.05, 3.63) is 94.5 Å². The van der Waals surface area contributed by atoms with E-state index in [-0.39, 0.29) is 11.8 Å². The Morgan fingerprint density at radius 2 is 1.66 bits per heavy atom. The van der Waals surface area contributed by atoms with E-state index in [9.17, 15) is 9.59 Å². The fourth-order valence-corrected chi connectivity index (χ4v) is 3.71. The standard InChI is InChI=1S/C25H24N2O2/c1-17-10-11-21(15-18(17)2)24(28)26-22-12-13-23-20(16-22)9-6-14-27(23)25(29)19-7-4-3-5-8-19/h3-5,7-8,10-13,15-16H,6,9,14H2,1-2H3,(H,26,28). The van der Waals surface area contributed by atoms with E-state index in [2.05, 4.69) is 5.32 Å². The molecule has 2 amide bonds. The summed E-state index contributed by atoms with van der Waals surface area (Å²) in [4.78, 5) is 27.4. The predicted molar refractivity (Wildman–Crippen MR) is 117 cm³/mol. The van der Waals surface area contributed by atoms with Gasteiger partial charge in [-0.25, -0.2) is 0 Å². The first-order valence-electron chi connectivity index (χ1n) is 9.91. The molecular formula is C25H24N2O2. The average molecular weight is 384 g/mol. The lowest BCUT2D eigenvalue weighted by molar-refractivity contribution is 0.0983. The summed E-state index contributed by atoms with van der Waals surface area (Å²) in [6.07, 6.45) is 1.79. The highest BCUT2D eigenvalue weighted by atomic mass is 16.2. The van der Waals surface area contributed by atoms with Gasteiger partial charge in [-0.3, -0.25) is 9.59 Å². The van der Waals surface area contributed by atoms with Crippen LogP contribution >= 0.6 is 0 Å². The first kappa shape index (κ1) is 18.9. The molecule has 0 atom stereocenters. The van der Waals surface area contributed by atoms with Crippen molar-refractivity contribution in [3.63, 3.8) is 0 Å². The number of hydrogen-bond donors (Lipinski definition) is 1. The SMILES string of the molecule is Cc1ccc(C(=O)Nc2ccc3c(c2)CCCN3C(=O)c2ccccc2)cc1C. The first-order valence-corrected chi connectivity index (χ1v) is 9.91. The smallest absolute Gasteiger partial charge is 0.258 e. The van der Waals surface area contributed by atoms with Gasteiger partial charge >= 0.3 is 0 Å². The third-order valence-electron chi connectivity index (χ3n) is 5.49. The van der Waals surface area contributed by atoms with Gasteiger partial charge in [0, 0.05) is 29.0 Å². The monoisotopic (exact) mass is 384 g/mol. The summed E-state index contributed by atoms with van der Waals surface area (Å²) in [6.45, 7) is 4.74. The van der Waals surface area contributed by atoms with Crippen LogP contribution < -0.4 is 10.2 Å². The minimum Gasteiger partial charge on any atom is -0.322 e. The molecule has 0 bridgehead atoms. The number of benzene rings is 3. The van der Waals surface area contributed by atoms with Crippen LogP contribution in [0, 0.1) is 13.8 Å². The number of carbonyl (C=O) groups is 2. The Kier molecular flexibility index (Phi) is 5.17. The van der Waals surface area contributed by atoms with Crippen LogP contribution in [-0.2, 0) is 6.42 Å². The fraction of sp³-hybridized carbons (Fsp3) is 0.200. The third-order valence-corrected chi connectivity index (χ3v) is 5.49. The van der Waals surface area contributed by atoms with Gasteiger partial charge in [-0.15, -0.1) is 0 Å². The minimum absolute atomic E-state index is 0.0125. The van der Waals surface area contributed by atoms with Crippen LogP contribution in [0.1, 0.15) is 43.8 Å². The molecule has 4 heteroatoms. The van der Waals surface area contributed by atoms with E-state index in [1.54, 1.807) is 0 Å². The minimum atomic E-state index is -0.124. The average Bonchev–Trinajstić information content (AvgIpc) is 2.75. The maximum Gasteiger partial charge on any atom is 0.258 e. The Morgan fingerprint density at radius 1 is 0.862 bits per heavy atom. The van der Waals surface area contributed by atoms with E-state index in [1.807, 2.05) is 85.5 Å². The van der Waals surface area contributed by atoms with Crippen molar-refractivity contribution in [2.45, 2.75) is 26.7 Å². The number of carbonyl (C=O) groups excluding carboxylic acids is 2. The molecule has 0 aromatic heterocycles. The quantitative estimate of drug-likeness (QED) is 0.679. The molecule has 3 aromatic carbocycles. The van der Waals surface area contributed by atoms with E-state index in [1.165, 1.54) is 5.56 Å². The zero-order valence-electron chi connectivity index (χ0n) is 16.7. The first-order chi connectivity index (χ1) is 14.0. The van der Waals surface area contributed by atoms with E-state index < -0.39 is 0 Å². The Bertz CT molecular complexity index is 1070. The van der Waals surface area contributed by atoms with Gasteiger partial charge in [0.25, 0.3) is 11.8 Å². The van der Waals surface area contributed by atoms with Crippen molar-refractivity contribution in [2.24, 2.45) is 0 Å². The number of fused-ring (bicyclic) bond motifs is 1. The largest absolute Gasteiger partial charge is 0.322 e. The molecule has 0 spiro atoms. The summed E-state index contributed by atoms with van der Waals surface area (Å²) in [6, 6.07) is 20.9. The lowest BCUT2D eigenvalue weighted by Gasteiger charge is -2.30. The number of amides is 2. The van der Waals surface area contributed by atoms with E-state index in [0.29, 0.717) is 17.7 Å². The van der Waals surface area contributed by atoms with Crippen LogP contribution in [0.25, 0.3) is 0 Å². The van der Waals surface area contributed by atoms with Crippen LogP contribution in [0.15, 0.2) is 66.7 Å². The summed E-state index contributed by atoms with van der Waals surface area (Å²) >= 11 is 0. The Morgan fingerprint density at radius 3 is 2.41 bits per heavy atom. The molecule has 0 saturated carbocycles. The number of hydrogen-bond acceptors (Lipinski definition) is 2. The second-order valence-corrected chi connectivity index (χ2v) is 7.52. The topological polar surface area (TPSA) is 49.4 Å². The summed E-state index contributed by atoms with van der Waals surface area (Å²) in [5, 5.41) is 2.99. The van der Waals surface area contributed by atoms with Gasteiger partial charge in [0.1, 0.15) is 0 Å². The lowest BCUT2D eigenvalue weighted by atomic mass is 9.99. The highest BCUT2D eigenvalue weighted by Gasteiger charge is 2.24. The van der Waals surface area contributed by atoms with Gasteiger partial charge in [0.05, 0.1) is 0 Å². The summed E-state index contributed by atoms with van der Waals surface area (Å²) in [5.41, 5.74) is 6.35. The number of anilines is 2. The second-order valence-electron chi connectivity index (χ2n) is 7.52.